The Hall–Kier alpha value is -2.54. The van der Waals surface area contributed by atoms with Gasteiger partial charge in [0, 0.05) is 51.5 Å². The predicted octanol–water partition coefficient (Wildman–Crippen LogP) is 0.682. The van der Waals surface area contributed by atoms with Crippen LogP contribution in [0.15, 0.2) is 58.6 Å². The van der Waals surface area contributed by atoms with E-state index in [-0.39, 0.29) is 54.8 Å². The number of rotatable bonds is 9. The summed E-state index contributed by atoms with van der Waals surface area (Å²) in [7, 11) is -7.40. The Morgan fingerprint density at radius 2 is 1.72 bits per heavy atom. The van der Waals surface area contributed by atoms with Crippen LogP contribution in [0.3, 0.4) is 0 Å². The summed E-state index contributed by atoms with van der Waals surface area (Å²) < 4.78 is 59.1. The molecule has 1 N–H and O–H groups in total. The standard InChI is InChI=1S/C20H26N4O6S2/c1-2-30-17-5-7-18(8-6-17)31(26,27)22-11-9-20(25)23-12-14-24(15-13-23)32(28,29)19-4-3-10-21-16-19/h3-8,10,16,22H,2,9,11-15H2,1H3. The highest BCUT2D eigenvalue weighted by atomic mass is 32.2. The lowest BCUT2D eigenvalue weighted by Gasteiger charge is -2.34. The van der Waals surface area contributed by atoms with Crippen LogP contribution in [-0.4, -0.2) is 76.3 Å². The summed E-state index contributed by atoms with van der Waals surface area (Å²) in [5.41, 5.74) is 0. The zero-order valence-electron chi connectivity index (χ0n) is 17.7. The topological polar surface area (TPSA) is 126 Å². The monoisotopic (exact) mass is 482 g/mol. The first-order valence-electron chi connectivity index (χ1n) is 10.1. The highest BCUT2D eigenvalue weighted by molar-refractivity contribution is 7.89. The van der Waals surface area contributed by atoms with Gasteiger partial charge >= 0.3 is 0 Å². The van der Waals surface area contributed by atoms with E-state index in [1.807, 2.05) is 6.92 Å². The van der Waals surface area contributed by atoms with Crippen LogP contribution in [0.4, 0.5) is 0 Å². The van der Waals surface area contributed by atoms with Crippen molar-refractivity contribution in [3.63, 3.8) is 0 Å². The molecule has 1 aliphatic rings. The number of nitrogens with zero attached hydrogens (tertiary/aromatic N) is 3. The molecular weight excluding hydrogens is 456 g/mol. The Balaban J connectivity index is 1.48. The molecule has 0 bridgehead atoms. The van der Waals surface area contributed by atoms with Crippen molar-refractivity contribution < 1.29 is 26.4 Å². The van der Waals surface area contributed by atoms with Crippen LogP contribution in [-0.2, 0) is 24.8 Å². The van der Waals surface area contributed by atoms with E-state index in [4.69, 9.17) is 4.74 Å². The second kappa shape index (κ2) is 10.4. The fourth-order valence-corrected chi connectivity index (χ4v) is 5.66. The molecule has 3 rings (SSSR count). The average molecular weight is 483 g/mol. The van der Waals surface area contributed by atoms with Gasteiger partial charge in [-0.25, -0.2) is 21.6 Å². The molecule has 0 spiro atoms. The summed E-state index contributed by atoms with van der Waals surface area (Å²) in [6.07, 6.45) is 2.77. The second-order valence-electron chi connectivity index (χ2n) is 7.03. The predicted molar refractivity (Wildman–Crippen MR) is 117 cm³/mol. The van der Waals surface area contributed by atoms with Crippen molar-refractivity contribution in [2.24, 2.45) is 0 Å². The lowest BCUT2D eigenvalue weighted by atomic mass is 10.3. The van der Waals surface area contributed by atoms with Gasteiger partial charge < -0.3 is 9.64 Å². The van der Waals surface area contributed by atoms with Crippen molar-refractivity contribution >= 4 is 26.0 Å². The maximum absolute atomic E-state index is 12.6. The van der Waals surface area contributed by atoms with Crippen LogP contribution in [0.5, 0.6) is 5.75 Å². The van der Waals surface area contributed by atoms with Gasteiger partial charge in [0.15, 0.2) is 0 Å². The first-order chi connectivity index (χ1) is 15.2. The Morgan fingerprint density at radius 3 is 2.31 bits per heavy atom. The van der Waals surface area contributed by atoms with Crippen LogP contribution in [0.25, 0.3) is 0 Å². The number of carbonyl (C=O) groups excluding carboxylic acids is 1. The number of aromatic nitrogens is 1. The molecule has 2 heterocycles. The Morgan fingerprint density at radius 1 is 1.03 bits per heavy atom. The van der Waals surface area contributed by atoms with Gasteiger partial charge in [0.1, 0.15) is 10.6 Å². The number of carbonyl (C=O) groups is 1. The van der Waals surface area contributed by atoms with Crippen LogP contribution >= 0.6 is 0 Å². The molecule has 0 radical (unpaired) electrons. The average Bonchev–Trinajstić information content (AvgIpc) is 2.80. The highest BCUT2D eigenvalue weighted by Crippen LogP contribution is 2.17. The van der Waals surface area contributed by atoms with Crippen molar-refractivity contribution in [2.75, 3.05) is 39.3 Å². The van der Waals surface area contributed by atoms with Gasteiger partial charge in [-0.1, -0.05) is 0 Å². The van der Waals surface area contributed by atoms with Crippen molar-refractivity contribution in [1.82, 2.24) is 18.9 Å². The third-order valence-electron chi connectivity index (χ3n) is 4.94. The normalized spacial score (nSPS) is 15.5. The minimum absolute atomic E-state index is 0.0222. The molecule has 1 aromatic carbocycles. The first kappa shape index (κ1) is 24.1. The largest absolute Gasteiger partial charge is 0.494 e. The van der Waals surface area contributed by atoms with E-state index in [9.17, 15) is 21.6 Å². The number of sulfonamides is 2. The number of benzene rings is 1. The summed E-state index contributed by atoms with van der Waals surface area (Å²) in [6, 6.07) is 9.07. The Kier molecular flexibility index (Phi) is 7.82. The summed E-state index contributed by atoms with van der Waals surface area (Å²) in [6.45, 7) is 3.08. The van der Waals surface area contributed by atoms with Gasteiger partial charge in [0.25, 0.3) is 0 Å². The van der Waals surface area contributed by atoms with E-state index in [0.29, 0.717) is 12.4 Å². The third kappa shape index (κ3) is 5.82. The molecule has 32 heavy (non-hydrogen) atoms. The maximum atomic E-state index is 12.6. The summed E-state index contributed by atoms with van der Waals surface area (Å²) in [4.78, 5) is 18.0. The second-order valence-corrected chi connectivity index (χ2v) is 10.7. The number of piperazine rings is 1. The smallest absolute Gasteiger partial charge is 0.244 e. The molecule has 1 aromatic heterocycles. The third-order valence-corrected chi connectivity index (χ3v) is 8.30. The zero-order chi connectivity index (χ0) is 23.2. The lowest BCUT2D eigenvalue weighted by molar-refractivity contribution is -0.132. The number of pyridine rings is 1. The van der Waals surface area contributed by atoms with Crippen molar-refractivity contribution in [3.05, 3.63) is 48.8 Å². The number of ether oxygens (including phenoxy) is 1. The van der Waals surface area contributed by atoms with Crippen molar-refractivity contribution in [1.29, 1.82) is 0 Å². The van der Waals surface area contributed by atoms with Crippen LogP contribution in [0.1, 0.15) is 13.3 Å². The molecule has 0 saturated carbocycles. The highest BCUT2D eigenvalue weighted by Gasteiger charge is 2.30. The van der Waals surface area contributed by atoms with Gasteiger partial charge in [-0.15, -0.1) is 0 Å². The van der Waals surface area contributed by atoms with E-state index in [2.05, 4.69) is 9.71 Å². The number of amides is 1. The minimum Gasteiger partial charge on any atom is -0.494 e. The van der Waals surface area contributed by atoms with Crippen molar-refractivity contribution in [2.45, 2.75) is 23.1 Å². The van der Waals surface area contributed by atoms with Crippen LogP contribution in [0.2, 0.25) is 0 Å². The fourth-order valence-electron chi connectivity index (χ4n) is 3.24. The molecule has 12 heteroatoms. The zero-order valence-corrected chi connectivity index (χ0v) is 19.3. The summed E-state index contributed by atoms with van der Waals surface area (Å²) in [5, 5.41) is 0. The quantitative estimate of drug-likeness (QED) is 0.557. The van der Waals surface area contributed by atoms with E-state index < -0.39 is 20.0 Å². The molecule has 2 aromatic rings. The Bertz CT molecular complexity index is 1110. The molecule has 1 amide bonds. The number of nitrogens with one attached hydrogen (secondary N) is 1. The molecule has 0 atom stereocenters. The molecule has 0 aliphatic carbocycles. The maximum Gasteiger partial charge on any atom is 0.244 e. The van der Waals surface area contributed by atoms with Gasteiger partial charge in [-0.05, 0) is 43.3 Å². The first-order valence-corrected chi connectivity index (χ1v) is 13.1. The lowest BCUT2D eigenvalue weighted by Crippen LogP contribution is -2.50. The number of hydrogen-bond donors (Lipinski definition) is 1. The van der Waals surface area contributed by atoms with Gasteiger partial charge in [-0.3, -0.25) is 9.78 Å². The summed E-state index contributed by atoms with van der Waals surface area (Å²) in [5.74, 6) is 0.337. The minimum atomic E-state index is -3.75. The summed E-state index contributed by atoms with van der Waals surface area (Å²) >= 11 is 0. The van der Waals surface area contributed by atoms with Gasteiger partial charge in [0.2, 0.25) is 26.0 Å². The van der Waals surface area contributed by atoms with Gasteiger partial charge in [-0.2, -0.15) is 4.31 Å². The number of hydrogen-bond acceptors (Lipinski definition) is 7. The van der Waals surface area contributed by atoms with E-state index in [1.165, 1.54) is 34.9 Å². The van der Waals surface area contributed by atoms with Gasteiger partial charge in [0.05, 0.1) is 11.5 Å². The SMILES string of the molecule is CCOc1ccc(S(=O)(=O)NCCC(=O)N2CCN(S(=O)(=O)c3cccnc3)CC2)cc1. The molecule has 1 fully saturated rings. The molecular formula is C20H26N4O6S2. The van der Waals surface area contributed by atoms with Crippen molar-refractivity contribution in [3.8, 4) is 5.75 Å². The molecule has 1 aliphatic heterocycles. The van der Waals surface area contributed by atoms with Crippen LogP contribution < -0.4 is 9.46 Å². The molecule has 1 saturated heterocycles. The Labute approximate surface area is 188 Å². The van der Waals surface area contributed by atoms with E-state index in [1.54, 1.807) is 23.1 Å². The van der Waals surface area contributed by atoms with E-state index >= 15 is 0 Å². The molecule has 0 unspecified atom stereocenters. The van der Waals surface area contributed by atoms with E-state index in [0.717, 1.165) is 0 Å². The molecule has 174 valence electrons. The fraction of sp³-hybridized carbons (Fsp3) is 0.400. The molecule has 10 nitrogen and oxygen atoms in total. The van der Waals surface area contributed by atoms with Crippen LogP contribution in [0, 0.1) is 0 Å².